The third-order valence-corrected chi connectivity index (χ3v) is 5.83. The number of fused-ring (bicyclic) bond motifs is 1. The minimum Gasteiger partial charge on any atom is -0.339 e. The van der Waals surface area contributed by atoms with Crippen LogP contribution in [0.2, 0.25) is 0 Å². The molecule has 0 radical (unpaired) electrons. The molecular formula is C16H21N3OS. The third-order valence-electron chi connectivity index (χ3n) is 5.20. The Morgan fingerprint density at radius 2 is 2.05 bits per heavy atom. The maximum absolute atomic E-state index is 5.62. The lowest BCUT2D eigenvalue weighted by atomic mass is 9.65. The van der Waals surface area contributed by atoms with Gasteiger partial charge in [0.05, 0.1) is 17.6 Å². The molecule has 2 aliphatic rings. The molecule has 3 atom stereocenters. The second-order valence-electron chi connectivity index (χ2n) is 6.45. The molecule has 0 spiro atoms. The molecule has 112 valence electrons. The van der Waals surface area contributed by atoms with Gasteiger partial charge in [-0.3, -0.25) is 0 Å². The Morgan fingerprint density at radius 1 is 1.14 bits per heavy atom. The first kappa shape index (κ1) is 13.4. The average Bonchev–Trinajstić information content (AvgIpc) is 3.19. The van der Waals surface area contributed by atoms with Crippen molar-refractivity contribution in [3.63, 3.8) is 0 Å². The number of hydrogen-bond donors (Lipinski definition) is 0. The van der Waals surface area contributed by atoms with Crippen LogP contribution in [0.5, 0.6) is 0 Å². The van der Waals surface area contributed by atoms with Crippen molar-refractivity contribution >= 4 is 11.3 Å². The van der Waals surface area contributed by atoms with E-state index in [1.807, 2.05) is 10.9 Å². The Hall–Kier alpha value is -1.23. The van der Waals surface area contributed by atoms with Crippen LogP contribution in [0.1, 0.15) is 68.3 Å². The van der Waals surface area contributed by atoms with Gasteiger partial charge >= 0.3 is 0 Å². The van der Waals surface area contributed by atoms with Crippen molar-refractivity contribution in [1.82, 2.24) is 15.1 Å². The highest BCUT2D eigenvalue weighted by molar-refractivity contribution is 7.07. The van der Waals surface area contributed by atoms with Crippen molar-refractivity contribution in [2.75, 3.05) is 0 Å². The van der Waals surface area contributed by atoms with E-state index in [9.17, 15) is 0 Å². The summed E-state index contributed by atoms with van der Waals surface area (Å²) in [7, 11) is 0. The number of aromatic nitrogens is 3. The van der Waals surface area contributed by atoms with E-state index in [0.717, 1.165) is 29.2 Å². The van der Waals surface area contributed by atoms with Gasteiger partial charge in [-0.15, -0.1) is 11.3 Å². The van der Waals surface area contributed by atoms with Gasteiger partial charge in [-0.25, -0.2) is 4.98 Å². The number of thiazole rings is 1. The average molecular weight is 303 g/mol. The summed E-state index contributed by atoms with van der Waals surface area (Å²) in [6.45, 7) is 0. The Bertz CT molecular complexity index is 578. The van der Waals surface area contributed by atoms with Crippen LogP contribution in [0.15, 0.2) is 15.4 Å². The summed E-state index contributed by atoms with van der Waals surface area (Å²) in [6, 6.07) is 0. The quantitative estimate of drug-likeness (QED) is 0.853. The predicted molar refractivity (Wildman–Crippen MR) is 81.3 cm³/mol. The lowest BCUT2D eigenvalue weighted by Gasteiger charge is -2.39. The summed E-state index contributed by atoms with van der Waals surface area (Å²) in [5.74, 6) is 3.85. The fourth-order valence-corrected chi connectivity index (χ4v) is 4.78. The van der Waals surface area contributed by atoms with Gasteiger partial charge < -0.3 is 4.52 Å². The highest BCUT2D eigenvalue weighted by Crippen LogP contribution is 2.47. The smallest absolute Gasteiger partial charge is 0.230 e. The molecule has 2 saturated carbocycles. The highest BCUT2D eigenvalue weighted by Gasteiger charge is 2.38. The Balaban J connectivity index is 1.51. The van der Waals surface area contributed by atoms with Crippen molar-refractivity contribution in [2.24, 2.45) is 11.8 Å². The lowest BCUT2D eigenvalue weighted by molar-refractivity contribution is 0.125. The molecule has 0 bridgehead atoms. The molecule has 0 aliphatic heterocycles. The zero-order valence-corrected chi connectivity index (χ0v) is 13.0. The van der Waals surface area contributed by atoms with Gasteiger partial charge in [0.1, 0.15) is 0 Å². The molecular weight excluding hydrogens is 282 g/mol. The van der Waals surface area contributed by atoms with Gasteiger partial charge in [0.15, 0.2) is 5.82 Å². The standard InChI is InChI=1S/C16H21N3OS/c1-2-6-13-11(4-1)5-3-7-14(13)16-18-15(19-20-16)8-12-9-21-10-17-12/h9-11,13-14H,1-8H2. The maximum Gasteiger partial charge on any atom is 0.230 e. The Labute approximate surface area is 129 Å². The van der Waals surface area contributed by atoms with Gasteiger partial charge in [0.25, 0.3) is 0 Å². The number of rotatable bonds is 3. The van der Waals surface area contributed by atoms with Crippen LogP contribution in [0, 0.1) is 11.8 Å². The molecule has 0 amide bonds. The zero-order chi connectivity index (χ0) is 14.1. The van der Waals surface area contributed by atoms with Crippen molar-refractivity contribution in [3.05, 3.63) is 28.3 Å². The third kappa shape index (κ3) is 2.76. The molecule has 4 nitrogen and oxygen atoms in total. The SMILES string of the molecule is c1nc(Cc2noc(C3CCCC4CCCCC43)n2)cs1. The summed E-state index contributed by atoms with van der Waals surface area (Å²) >= 11 is 1.61. The monoisotopic (exact) mass is 303 g/mol. The molecule has 2 heterocycles. The summed E-state index contributed by atoms with van der Waals surface area (Å²) < 4.78 is 5.62. The Morgan fingerprint density at radius 3 is 2.95 bits per heavy atom. The van der Waals surface area contributed by atoms with E-state index in [1.165, 1.54) is 44.9 Å². The molecule has 2 aliphatic carbocycles. The predicted octanol–water partition coefficient (Wildman–Crippen LogP) is 4.19. The van der Waals surface area contributed by atoms with Crippen LogP contribution in [-0.4, -0.2) is 15.1 Å². The molecule has 0 aromatic carbocycles. The molecule has 2 fully saturated rings. The minimum atomic E-state index is 0.501. The molecule has 4 rings (SSSR count). The summed E-state index contributed by atoms with van der Waals surface area (Å²) in [4.78, 5) is 8.98. The second kappa shape index (κ2) is 5.87. The fraction of sp³-hybridized carbons (Fsp3) is 0.688. The zero-order valence-electron chi connectivity index (χ0n) is 12.2. The van der Waals surface area contributed by atoms with Crippen LogP contribution in [0.4, 0.5) is 0 Å². The summed E-state index contributed by atoms with van der Waals surface area (Å²) in [5, 5.41) is 6.23. The molecule has 21 heavy (non-hydrogen) atoms. The van der Waals surface area contributed by atoms with Crippen LogP contribution >= 0.6 is 11.3 Å². The summed E-state index contributed by atoms with van der Waals surface area (Å²) in [5.41, 5.74) is 2.89. The molecule has 5 heteroatoms. The van der Waals surface area contributed by atoms with E-state index < -0.39 is 0 Å². The molecule has 2 aromatic heterocycles. The maximum atomic E-state index is 5.62. The topological polar surface area (TPSA) is 51.8 Å². The van der Waals surface area contributed by atoms with Crippen LogP contribution in [0.3, 0.4) is 0 Å². The highest BCUT2D eigenvalue weighted by atomic mass is 32.1. The van der Waals surface area contributed by atoms with E-state index >= 15 is 0 Å². The summed E-state index contributed by atoms with van der Waals surface area (Å²) in [6.07, 6.45) is 10.2. The first-order valence-electron chi connectivity index (χ1n) is 8.09. The Kier molecular flexibility index (Phi) is 3.76. The van der Waals surface area contributed by atoms with E-state index in [0.29, 0.717) is 12.3 Å². The first-order valence-corrected chi connectivity index (χ1v) is 9.04. The molecule has 3 unspecified atom stereocenters. The van der Waals surface area contributed by atoms with Crippen molar-refractivity contribution in [1.29, 1.82) is 0 Å². The van der Waals surface area contributed by atoms with E-state index in [4.69, 9.17) is 4.52 Å². The van der Waals surface area contributed by atoms with Crippen LogP contribution in [0.25, 0.3) is 0 Å². The second-order valence-corrected chi connectivity index (χ2v) is 7.17. The van der Waals surface area contributed by atoms with Crippen LogP contribution < -0.4 is 0 Å². The molecule has 0 N–H and O–H groups in total. The van der Waals surface area contributed by atoms with E-state index in [1.54, 1.807) is 11.3 Å². The van der Waals surface area contributed by atoms with Gasteiger partial charge in [-0.1, -0.05) is 37.3 Å². The van der Waals surface area contributed by atoms with Crippen molar-refractivity contribution < 1.29 is 4.52 Å². The van der Waals surface area contributed by atoms with E-state index in [2.05, 4.69) is 15.1 Å². The van der Waals surface area contributed by atoms with Crippen molar-refractivity contribution in [3.8, 4) is 0 Å². The normalized spacial score (nSPS) is 29.2. The van der Waals surface area contributed by atoms with Gasteiger partial charge in [-0.2, -0.15) is 4.98 Å². The van der Waals surface area contributed by atoms with Crippen LogP contribution in [-0.2, 0) is 6.42 Å². The largest absolute Gasteiger partial charge is 0.339 e. The van der Waals surface area contributed by atoms with Gasteiger partial charge in [0.2, 0.25) is 5.89 Å². The first-order chi connectivity index (χ1) is 10.4. The van der Waals surface area contributed by atoms with Gasteiger partial charge in [0, 0.05) is 11.3 Å². The minimum absolute atomic E-state index is 0.501. The fourth-order valence-electron chi connectivity index (χ4n) is 4.22. The number of nitrogens with zero attached hydrogens (tertiary/aromatic N) is 3. The lowest BCUT2D eigenvalue weighted by Crippen LogP contribution is -2.29. The molecule has 0 saturated heterocycles. The number of hydrogen-bond acceptors (Lipinski definition) is 5. The van der Waals surface area contributed by atoms with Gasteiger partial charge in [-0.05, 0) is 24.7 Å². The van der Waals surface area contributed by atoms with E-state index in [-0.39, 0.29) is 0 Å². The molecule has 2 aromatic rings. The van der Waals surface area contributed by atoms with Crippen molar-refractivity contribution in [2.45, 2.75) is 57.3 Å².